The Bertz CT molecular complexity index is 723. The van der Waals surface area contributed by atoms with Crippen molar-refractivity contribution in [2.24, 2.45) is 7.05 Å². The maximum atomic E-state index is 12.3. The normalized spacial score (nSPS) is 11.6. The molecule has 1 aromatic carbocycles. The van der Waals surface area contributed by atoms with Crippen LogP contribution in [0.2, 0.25) is 5.15 Å². The average molecular weight is 300 g/mol. The van der Waals surface area contributed by atoms with Crippen molar-refractivity contribution in [2.45, 2.75) is 18.7 Å². The minimum Gasteiger partial charge on any atom is -0.275 e. The Kier molecular flexibility index (Phi) is 3.56. The van der Waals surface area contributed by atoms with Crippen LogP contribution in [-0.4, -0.2) is 18.2 Å². The molecule has 19 heavy (non-hydrogen) atoms. The van der Waals surface area contributed by atoms with Crippen LogP contribution in [-0.2, 0) is 17.1 Å². The molecular weight excluding hydrogens is 286 g/mol. The number of nitrogens with zero attached hydrogens (tertiary/aromatic N) is 2. The van der Waals surface area contributed by atoms with Crippen molar-refractivity contribution in [3.8, 4) is 0 Å². The molecule has 2 rings (SSSR count). The van der Waals surface area contributed by atoms with Gasteiger partial charge in [0.15, 0.2) is 5.15 Å². The molecule has 0 fully saturated rings. The van der Waals surface area contributed by atoms with Gasteiger partial charge in [-0.3, -0.25) is 9.40 Å². The van der Waals surface area contributed by atoms with Crippen molar-refractivity contribution in [3.05, 3.63) is 40.7 Å². The Morgan fingerprint density at radius 3 is 2.58 bits per heavy atom. The maximum Gasteiger partial charge on any atom is 0.262 e. The first-order valence-electron chi connectivity index (χ1n) is 5.59. The Balaban J connectivity index is 2.43. The van der Waals surface area contributed by atoms with Crippen molar-refractivity contribution < 1.29 is 8.42 Å². The lowest BCUT2D eigenvalue weighted by atomic mass is 10.2. The van der Waals surface area contributed by atoms with E-state index in [1.54, 1.807) is 26.1 Å². The largest absolute Gasteiger partial charge is 0.275 e. The van der Waals surface area contributed by atoms with E-state index in [0.717, 1.165) is 5.56 Å². The van der Waals surface area contributed by atoms with Crippen molar-refractivity contribution in [1.82, 2.24) is 9.78 Å². The quantitative estimate of drug-likeness (QED) is 0.947. The summed E-state index contributed by atoms with van der Waals surface area (Å²) in [6.45, 7) is 3.59. The summed E-state index contributed by atoms with van der Waals surface area (Å²) >= 11 is 5.95. The number of aryl methyl sites for hydroxylation is 3. The van der Waals surface area contributed by atoms with E-state index in [1.165, 1.54) is 10.9 Å². The Morgan fingerprint density at radius 2 is 2.00 bits per heavy atom. The van der Waals surface area contributed by atoms with Crippen LogP contribution >= 0.6 is 11.6 Å². The summed E-state index contributed by atoms with van der Waals surface area (Å²) in [5.41, 5.74) is 1.83. The minimum absolute atomic E-state index is 0.243. The Morgan fingerprint density at radius 1 is 1.32 bits per heavy atom. The van der Waals surface area contributed by atoms with E-state index in [0.29, 0.717) is 5.56 Å². The predicted octanol–water partition coefficient (Wildman–Crippen LogP) is 2.49. The topological polar surface area (TPSA) is 64.0 Å². The van der Waals surface area contributed by atoms with Gasteiger partial charge >= 0.3 is 0 Å². The summed E-state index contributed by atoms with van der Waals surface area (Å²) in [6.07, 6.45) is 1.38. The van der Waals surface area contributed by atoms with Crippen molar-refractivity contribution in [2.75, 3.05) is 4.72 Å². The molecule has 102 valence electrons. The number of benzene rings is 1. The van der Waals surface area contributed by atoms with Gasteiger partial charge in [-0.05, 0) is 31.0 Å². The monoisotopic (exact) mass is 299 g/mol. The molecule has 1 aromatic heterocycles. The second-order valence-corrected chi connectivity index (χ2v) is 6.36. The molecule has 0 saturated heterocycles. The zero-order valence-corrected chi connectivity index (χ0v) is 12.4. The Hall–Kier alpha value is -1.53. The predicted molar refractivity (Wildman–Crippen MR) is 74.9 cm³/mol. The molecule has 0 radical (unpaired) electrons. The molecular formula is C12H14ClN3O2S. The maximum absolute atomic E-state index is 12.3. The number of anilines is 1. The molecule has 7 heteroatoms. The standard InChI is InChI=1S/C12H14ClN3O2S/c1-8-4-5-9(2)11(6-8)19(17,18)15-10-7-14-16(3)12(10)13/h4-7,15H,1-3H3. The molecule has 0 bridgehead atoms. The van der Waals surface area contributed by atoms with Gasteiger partial charge in [0.05, 0.1) is 11.1 Å². The summed E-state index contributed by atoms with van der Waals surface area (Å²) in [4.78, 5) is 0.243. The molecule has 0 aliphatic carbocycles. The first kappa shape index (κ1) is 13.9. The van der Waals surface area contributed by atoms with Crippen LogP contribution in [0.3, 0.4) is 0 Å². The van der Waals surface area contributed by atoms with E-state index >= 15 is 0 Å². The minimum atomic E-state index is -3.66. The van der Waals surface area contributed by atoms with Crippen LogP contribution in [0.25, 0.3) is 0 Å². The second-order valence-electron chi connectivity index (χ2n) is 4.35. The lowest BCUT2D eigenvalue weighted by molar-refractivity contribution is 0.600. The van der Waals surface area contributed by atoms with Crippen molar-refractivity contribution in [3.63, 3.8) is 0 Å². The van der Waals surface area contributed by atoms with Crippen LogP contribution in [0.15, 0.2) is 29.3 Å². The summed E-state index contributed by atoms with van der Waals surface area (Å²) in [6, 6.07) is 5.27. The third-order valence-corrected chi connectivity index (χ3v) is 4.70. The second kappa shape index (κ2) is 4.86. The van der Waals surface area contributed by atoms with Gasteiger partial charge in [0.25, 0.3) is 10.0 Å². The van der Waals surface area contributed by atoms with Crippen LogP contribution in [0, 0.1) is 13.8 Å². The van der Waals surface area contributed by atoms with Crippen LogP contribution in [0.5, 0.6) is 0 Å². The fraction of sp³-hybridized carbons (Fsp3) is 0.250. The fourth-order valence-corrected chi connectivity index (χ4v) is 3.27. The Labute approximate surface area is 117 Å². The highest BCUT2D eigenvalue weighted by Gasteiger charge is 2.19. The van der Waals surface area contributed by atoms with E-state index in [4.69, 9.17) is 11.6 Å². The lowest BCUT2D eigenvalue weighted by Gasteiger charge is -2.10. The average Bonchev–Trinajstić information content (AvgIpc) is 2.63. The third kappa shape index (κ3) is 2.74. The fourth-order valence-electron chi connectivity index (χ4n) is 1.69. The third-order valence-electron chi connectivity index (χ3n) is 2.74. The summed E-state index contributed by atoms with van der Waals surface area (Å²) in [5, 5.41) is 4.14. The highest BCUT2D eigenvalue weighted by atomic mass is 35.5. The van der Waals surface area contributed by atoms with Gasteiger partial charge in [0, 0.05) is 7.05 Å². The van der Waals surface area contributed by atoms with E-state index in [9.17, 15) is 8.42 Å². The molecule has 0 unspecified atom stereocenters. The van der Waals surface area contributed by atoms with Gasteiger partial charge in [-0.2, -0.15) is 5.10 Å². The zero-order valence-electron chi connectivity index (χ0n) is 10.8. The van der Waals surface area contributed by atoms with Gasteiger partial charge in [-0.15, -0.1) is 0 Å². The van der Waals surface area contributed by atoms with Gasteiger partial charge in [-0.1, -0.05) is 23.7 Å². The highest BCUT2D eigenvalue weighted by Crippen LogP contribution is 2.25. The molecule has 0 aliphatic heterocycles. The van der Waals surface area contributed by atoms with E-state index in [2.05, 4.69) is 9.82 Å². The van der Waals surface area contributed by atoms with Crippen LogP contribution in [0.1, 0.15) is 11.1 Å². The molecule has 2 aromatic rings. The summed E-state index contributed by atoms with van der Waals surface area (Å²) < 4.78 is 28.5. The van der Waals surface area contributed by atoms with E-state index in [1.807, 2.05) is 13.0 Å². The SMILES string of the molecule is Cc1ccc(C)c(S(=O)(=O)Nc2cnn(C)c2Cl)c1. The van der Waals surface area contributed by atoms with Gasteiger partial charge < -0.3 is 0 Å². The van der Waals surface area contributed by atoms with Crippen LogP contribution in [0.4, 0.5) is 5.69 Å². The molecule has 0 saturated carbocycles. The molecule has 5 nitrogen and oxygen atoms in total. The van der Waals surface area contributed by atoms with Crippen molar-refractivity contribution >= 4 is 27.3 Å². The van der Waals surface area contributed by atoms with Gasteiger partial charge in [0.1, 0.15) is 5.69 Å². The van der Waals surface area contributed by atoms with E-state index in [-0.39, 0.29) is 15.7 Å². The van der Waals surface area contributed by atoms with Gasteiger partial charge in [0.2, 0.25) is 0 Å². The zero-order chi connectivity index (χ0) is 14.2. The molecule has 0 spiro atoms. The van der Waals surface area contributed by atoms with Gasteiger partial charge in [-0.25, -0.2) is 8.42 Å². The number of aromatic nitrogens is 2. The number of sulfonamides is 1. The number of nitrogens with one attached hydrogen (secondary N) is 1. The number of halogens is 1. The lowest BCUT2D eigenvalue weighted by Crippen LogP contribution is -2.14. The van der Waals surface area contributed by atoms with E-state index < -0.39 is 10.0 Å². The molecule has 1 N–H and O–H groups in total. The molecule has 0 atom stereocenters. The molecule has 0 aliphatic rings. The smallest absolute Gasteiger partial charge is 0.262 e. The van der Waals surface area contributed by atoms with Crippen molar-refractivity contribution in [1.29, 1.82) is 0 Å². The number of hydrogen-bond donors (Lipinski definition) is 1. The summed E-state index contributed by atoms with van der Waals surface area (Å²) in [7, 11) is -2.03. The molecule has 0 amide bonds. The summed E-state index contributed by atoms with van der Waals surface area (Å²) in [5.74, 6) is 0. The first-order valence-corrected chi connectivity index (χ1v) is 7.45. The number of rotatable bonds is 3. The highest BCUT2D eigenvalue weighted by molar-refractivity contribution is 7.92. The molecule has 1 heterocycles. The number of hydrogen-bond acceptors (Lipinski definition) is 3. The first-order chi connectivity index (χ1) is 8.81. The van der Waals surface area contributed by atoms with Crippen LogP contribution < -0.4 is 4.72 Å².